The van der Waals surface area contributed by atoms with Gasteiger partial charge in [0.2, 0.25) is 0 Å². The van der Waals surface area contributed by atoms with Gasteiger partial charge in [-0.15, -0.1) is 6.58 Å². The minimum absolute atomic E-state index is 0.383. The smallest absolute Gasteiger partial charge is 0.343 e. The summed E-state index contributed by atoms with van der Waals surface area (Å²) in [5.74, 6) is -0.0516. The number of carbonyl (C=O) groups excluding carboxylic acids is 1. The summed E-state index contributed by atoms with van der Waals surface area (Å²) >= 11 is 0. The molecule has 0 saturated carbocycles. The monoisotopic (exact) mass is 381 g/mol. The van der Waals surface area contributed by atoms with Gasteiger partial charge in [0, 0.05) is 5.56 Å². The average molecular weight is 381 g/mol. The van der Waals surface area contributed by atoms with E-state index in [1.807, 2.05) is 54.6 Å². The van der Waals surface area contributed by atoms with Crippen molar-refractivity contribution in [2.24, 2.45) is 0 Å². The molecule has 144 valence electrons. The Hall–Kier alpha value is -3.64. The maximum absolute atomic E-state index is 12.7. The van der Waals surface area contributed by atoms with Crippen LogP contribution in [-0.2, 0) is 6.42 Å². The molecular formula is C26H23NO2. The van der Waals surface area contributed by atoms with Crippen LogP contribution in [0.5, 0.6) is 5.75 Å². The summed E-state index contributed by atoms with van der Waals surface area (Å²) < 4.78 is 5.68. The Balaban J connectivity index is 1.76. The highest BCUT2D eigenvalue weighted by atomic mass is 16.5. The van der Waals surface area contributed by atoms with Crippen LogP contribution >= 0.6 is 0 Å². The van der Waals surface area contributed by atoms with Crippen LogP contribution in [-0.4, -0.2) is 5.97 Å². The van der Waals surface area contributed by atoms with Crippen molar-refractivity contribution >= 4 is 5.97 Å². The number of nitriles is 1. The van der Waals surface area contributed by atoms with E-state index in [1.54, 1.807) is 24.3 Å². The van der Waals surface area contributed by atoms with Crippen molar-refractivity contribution in [3.63, 3.8) is 0 Å². The quantitative estimate of drug-likeness (QED) is 0.198. The molecule has 0 atom stereocenters. The van der Waals surface area contributed by atoms with E-state index in [1.165, 1.54) is 5.56 Å². The Morgan fingerprint density at radius 1 is 1.00 bits per heavy atom. The molecule has 0 N–H and O–H groups in total. The highest BCUT2D eigenvalue weighted by molar-refractivity contribution is 5.92. The molecule has 0 unspecified atom stereocenters. The van der Waals surface area contributed by atoms with E-state index in [9.17, 15) is 10.1 Å². The predicted molar refractivity (Wildman–Crippen MR) is 116 cm³/mol. The van der Waals surface area contributed by atoms with Crippen LogP contribution in [0.4, 0.5) is 0 Å². The molecule has 0 bridgehead atoms. The van der Waals surface area contributed by atoms with Crippen LogP contribution in [0.25, 0.3) is 11.1 Å². The number of hydrogen-bond acceptors (Lipinski definition) is 3. The van der Waals surface area contributed by atoms with Gasteiger partial charge in [-0.25, -0.2) is 4.79 Å². The number of benzene rings is 3. The van der Waals surface area contributed by atoms with Gasteiger partial charge >= 0.3 is 5.97 Å². The first-order chi connectivity index (χ1) is 14.2. The lowest BCUT2D eigenvalue weighted by atomic mass is 10.0. The molecule has 0 aliphatic rings. The van der Waals surface area contributed by atoms with Crippen molar-refractivity contribution < 1.29 is 9.53 Å². The maximum Gasteiger partial charge on any atom is 0.343 e. The molecule has 0 saturated heterocycles. The molecule has 3 aromatic carbocycles. The first kappa shape index (κ1) is 20.1. The fraction of sp³-hybridized carbons (Fsp3) is 0.154. The van der Waals surface area contributed by atoms with Crippen molar-refractivity contribution in [1.29, 1.82) is 5.26 Å². The third-order valence-corrected chi connectivity index (χ3v) is 4.71. The van der Waals surface area contributed by atoms with Crippen molar-refractivity contribution in [3.05, 3.63) is 102 Å². The second kappa shape index (κ2) is 10.1. The van der Waals surface area contributed by atoms with Gasteiger partial charge in [-0.2, -0.15) is 5.26 Å². The summed E-state index contributed by atoms with van der Waals surface area (Å²) in [7, 11) is 0. The zero-order chi connectivity index (χ0) is 20.5. The summed E-state index contributed by atoms with van der Waals surface area (Å²) in [6.07, 6.45) is 6.15. The van der Waals surface area contributed by atoms with Gasteiger partial charge in [-0.3, -0.25) is 0 Å². The lowest BCUT2D eigenvalue weighted by Crippen LogP contribution is -2.09. The minimum Gasteiger partial charge on any atom is -0.422 e. The van der Waals surface area contributed by atoms with Crippen LogP contribution < -0.4 is 4.74 Å². The molecule has 0 aromatic heterocycles. The molecule has 0 heterocycles. The number of ether oxygens (including phenoxy) is 1. The molecule has 0 aliphatic heterocycles. The maximum atomic E-state index is 12.7. The Morgan fingerprint density at radius 3 is 2.45 bits per heavy atom. The number of unbranched alkanes of at least 4 members (excludes halogenated alkanes) is 2. The number of allylic oxidation sites excluding steroid dienone is 1. The zero-order valence-corrected chi connectivity index (χ0v) is 16.3. The molecule has 29 heavy (non-hydrogen) atoms. The number of aryl methyl sites for hydroxylation is 1. The number of carbonyl (C=O) groups is 1. The highest BCUT2D eigenvalue weighted by Crippen LogP contribution is 2.31. The first-order valence-electron chi connectivity index (χ1n) is 9.73. The minimum atomic E-state index is -0.435. The molecule has 0 spiro atoms. The fourth-order valence-electron chi connectivity index (χ4n) is 3.12. The van der Waals surface area contributed by atoms with Crippen molar-refractivity contribution in [3.8, 4) is 22.9 Å². The molecule has 0 amide bonds. The Kier molecular flexibility index (Phi) is 6.97. The number of esters is 1. The van der Waals surface area contributed by atoms with Crippen LogP contribution in [0.3, 0.4) is 0 Å². The lowest BCUT2D eigenvalue weighted by molar-refractivity contribution is 0.0735. The topological polar surface area (TPSA) is 50.1 Å². The largest absolute Gasteiger partial charge is 0.422 e. The summed E-state index contributed by atoms with van der Waals surface area (Å²) in [6.45, 7) is 3.74. The van der Waals surface area contributed by atoms with Gasteiger partial charge in [-0.1, -0.05) is 48.5 Å². The molecule has 3 heteroatoms. The normalized spacial score (nSPS) is 10.2. The van der Waals surface area contributed by atoms with Gasteiger partial charge in [0.05, 0.1) is 17.2 Å². The van der Waals surface area contributed by atoms with Gasteiger partial charge in [-0.05, 0) is 67.1 Å². The van der Waals surface area contributed by atoms with E-state index in [4.69, 9.17) is 4.74 Å². The van der Waals surface area contributed by atoms with E-state index in [0.717, 1.165) is 36.8 Å². The first-order valence-corrected chi connectivity index (χ1v) is 9.73. The highest BCUT2D eigenvalue weighted by Gasteiger charge is 2.14. The second-order valence-corrected chi connectivity index (χ2v) is 6.81. The zero-order valence-electron chi connectivity index (χ0n) is 16.3. The van der Waals surface area contributed by atoms with E-state index in [-0.39, 0.29) is 0 Å². The standard InChI is InChI=1S/C26H23NO2/c1-2-3-4-6-9-20-12-15-23(16-13-20)26(28)29-25-18-21(19-27)14-17-24(25)22-10-7-5-8-11-22/h2,5,7-8,10-18H,1,3-4,6,9H2. The van der Waals surface area contributed by atoms with Crippen LogP contribution in [0, 0.1) is 11.3 Å². The third-order valence-electron chi connectivity index (χ3n) is 4.71. The molecule has 3 aromatic rings. The third kappa shape index (κ3) is 5.43. The average Bonchev–Trinajstić information content (AvgIpc) is 2.77. The van der Waals surface area contributed by atoms with Crippen LogP contribution in [0.1, 0.15) is 40.7 Å². The van der Waals surface area contributed by atoms with Crippen molar-refractivity contribution in [2.75, 3.05) is 0 Å². The summed E-state index contributed by atoms with van der Waals surface area (Å²) in [4.78, 5) is 12.7. The summed E-state index contributed by atoms with van der Waals surface area (Å²) in [5, 5.41) is 9.21. The van der Waals surface area contributed by atoms with E-state index < -0.39 is 5.97 Å². The van der Waals surface area contributed by atoms with Gasteiger partial charge < -0.3 is 4.74 Å². The Morgan fingerprint density at radius 2 is 1.76 bits per heavy atom. The van der Waals surface area contributed by atoms with Crippen molar-refractivity contribution in [1.82, 2.24) is 0 Å². The molecule has 0 radical (unpaired) electrons. The molecule has 0 aliphatic carbocycles. The van der Waals surface area contributed by atoms with Crippen LogP contribution in [0.15, 0.2) is 85.5 Å². The second-order valence-electron chi connectivity index (χ2n) is 6.81. The van der Waals surface area contributed by atoms with Crippen molar-refractivity contribution in [2.45, 2.75) is 25.7 Å². The van der Waals surface area contributed by atoms with E-state index in [0.29, 0.717) is 16.9 Å². The van der Waals surface area contributed by atoms with E-state index in [2.05, 4.69) is 12.6 Å². The van der Waals surface area contributed by atoms with Gasteiger partial charge in [0.1, 0.15) is 5.75 Å². The SMILES string of the molecule is C=CCCCCc1ccc(C(=O)Oc2cc(C#N)ccc2-c2ccccc2)cc1. The Bertz CT molecular complexity index is 1010. The predicted octanol–water partition coefficient (Wildman–Crippen LogP) is 6.34. The van der Waals surface area contributed by atoms with Gasteiger partial charge in [0.15, 0.2) is 0 Å². The van der Waals surface area contributed by atoms with Gasteiger partial charge in [0.25, 0.3) is 0 Å². The van der Waals surface area contributed by atoms with Crippen LogP contribution in [0.2, 0.25) is 0 Å². The Labute approximate surface area is 171 Å². The van der Waals surface area contributed by atoms with E-state index >= 15 is 0 Å². The summed E-state index contributed by atoms with van der Waals surface area (Å²) in [5.41, 5.74) is 3.83. The molecular weight excluding hydrogens is 358 g/mol. The molecule has 3 nitrogen and oxygen atoms in total. The molecule has 3 rings (SSSR count). The number of hydrogen-bond donors (Lipinski definition) is 0. The summed E-state index contributed by atoms with van der Waals surface area (Å²) in [6, 6.07) is 24.4. The fourth-order valence-corrected chi connectivity index (χ4v) is 3.12. The number of nitrogens with zero attached hydrogens (tertiary/aromatic N) is 1. The molecule has 0 fully saturated rings. The lowest BCUT2D eigenvalue weighted by Gasteiger charge is -2.11. The number of rotatable bonds is 8.